The highest BCUT2D eigenvalue weighted by Gasteiger charge is 2.06. The molecular weight excluding hydrogens is 352 g/mol. The maximum absolute atomic E-state index is 11.9. The number of carbonyl (C=O) groups is 1. The summed E-state index contributed by atoms with van der Waals surface area (Å²) in [5, 5.41) is 16.1. The largest absolute Gasteiger partial charge is 0.347 e. The molecule has 2 aromatic heterocycles. The molecule has 0 fully saturated rings. The van der Waals surface area contributed by atoms with Crippen LogP contribution in [0.2, 0.25) is 0 Å². The molecule has 3 rings (SSSR count). The van der Waals surface area contributed by atoms with Gasteiger partial charge in [0.05, 0.1) is 17.2 Å². The second-order valence-corrected chi connectivity index (χ2v) is 6.14. The Kier molecular flexibility index (Phi) is 5.45. The Hall–Kier alpha value is -3.39. The standard InChI is InChI=1S/C18H14N4O3S/c23-17(8-5-13-3-6-16(7-4-13)22(24)25)20-11-15-12-26-18(21-15)14-2-1-9-19-10-14/h1-10,12H,11H2,(H,20,23)/b8-5+. The first-order valence-corrected chi connectivity index (χ1v) is 8.55. The number of non-ortho nitro benzene ring substituents is 1. The van der Waals surface area contributed by atoms with E-state index in [1.54, 1.807) is 30.6 Å². The maximum Gasteiger partial charge on any atom is 0.269 e. The quantitative estimate of drug-likeness (QED) is 0.409. The summed E-state index contributed by atoms with van der Waals surface area (Å²) in [6, 6.07) is 9.74. The molecule has 7 nitrogen and oxygen atoms in total. The molecule has 0 radical (unpaired) electrons. The van der Waals surface area contributed by atoms with E-state index in [4.69, 9.17) is 0 Å². The first-order valence-electron chi connectivity index (χ1n) is 7.67. The molecule has 0 bridgehead atoms. The van der Waals surface area contributed by atoms with E-state index >= 15 is 0 Å². The lowest BCUT2D eigenvalue weighted by Crippen LogP contribution is -2.20. The summed E-state index contributed by atoms with van der Waals surface area (Å²) in [4.78, 5) is 30.6. The third kappa shape index (κ3) is 4.58. The lowest BCUT2D eigenvalue weighted by Gasteiger charge is -1.99. The van der Waals surface area contributed by atoms with Crippen molar-refractivity contribution in [1.29, 1.82) is 0 Å². The molecule has 2 heterocycles. The minimum absolute atomic E-state index is 0.0135. The van der Waals surface area contributed by atoms with Crippen LogP contribution in [0.3, 0.4) is 0 Å². The van der Waals surface area contributed by atoms with Crippen molar-refractivity contribution in [2.75, 3.05) is 0 Å². The summed E-state index contributed by atoms with van der Waals surface area (Å²) >= 11 is 1.49. The lowest BCUT2D eigenvalue weighted by molar-refractivity contribution is -0.384. The van der Waals surface area contributed by atoms with Gasteiger partial charge in [0.25, 0.3) is 5.69 Å². The van der Waals surface area contributed by atoms with Gasteiger partial charge < -0.3 is 5.32 Å². The number of nitrogens with zero attached hydrogens (tertiary/aromatic N) is 3. The predicted molar refractivity (Wildman–Crippen MR) is 99.3 cm³/mol. The van der Waals surface area contributed by atoms with Crippen molar-refractivity contribution in [3.8, 4) is 10.6 Å². The zero-order valence-corrected chi connectivity index (χ0v) is 14.3. The molecule has 8 heteroatoms. The van der Waals surface area contributed by atoms with Gasteiger partial charge in [0.15, 0.2) is 0 Å². The minimum atomic E-state index is -0.464. The highest BCUT2D eigenvalue weighted by molar-refractivity contribution is 7.13. The summed E-state index contributed by atoms with van der Waals surface area (Å²) in [6.45, 7) is 0.320. The monoisotopic (exact) mass is 366 g/mol. The van der Waals surface area contributed by atoms with E-state index in [1.807, 2.05) is 17.5 Å². The topological polar surface area (TPSA) is 98.0 Å². The number of hydrogen-bond donors (Lipinski definition) is 1. The Balaban J connectivity index is 1.54. The molecule has 3 aromatic rings. The number of nitrogens with one attached hydrogen (secondary N) is 1. The zero-order valence-electron chi connectivity index (χ0n) is 13.5. The molecule has 0 aliphatic rings. The molecule has 0 saturated carbocycles. The van der Waals surface area contributed by atoms with Crippen LogP contribution in [0.5, 0.6) is 0 Å². The van der Waals surface area contributed by atoms with E-state index in [2.05, 4.69) is 15.3 Å². The van der Waals surface area contributed by atoms with Crippen LogP contribution < -0.4 is 5.32 Å². The molecule has 1 aromatic carbocycles. The number of thiazole rings is 1. The molecule has 1 amide bonds. The Morgan fingerprint density at radius 2 is 2.08 bits per heavy atom. The average Bonchev–Trinajstić information content (AvgIpc) is 3.15. The van der Waals surface area contributed by atoms with E-state index in [9.17, 15) is 14.9 Å². The number of benzene rings is 1. The van der Waals surface area contributed by atoms with Crippen LogP contribution in [0.1, 0.15) is 11.3 Å². The molecule has 0 aliphatic heterocycles. The van der Waals surface area contributed by atoms with Crippen LogP contribution in [-0.2, 0) is 11.3 Å². The Labute approximate surface area is 153 Å². The molecule has 0 saturated heterocycles. The van der Waals surface area contributed by atoms with Crippen molar-refractivity contribution in [3.05, 3.63) is 81.6 Å². The van der Waals surface area contributed by atoms with E-state index in [-0.39, 0.29) is 11.6 Å². The number of carbonyl (C=O) groups excluding carboxylic acids is 1. The van der Waals surface area contributed by atoms with Crippen molar-refractivity contribution < 1.29 is 9.72 Å². The number of nitro benzene ring substituents is 1. The maximum atomic E-state index is 11.9. The third-order valence-corrected chi connectivity index (χ3v) is 4.38. The number of hydrogen-bond acceptors (Lipinski definition) is 6. The van der Waals surface area contributed by atoms with Gasteiger partial charge in [-0.2, -0.15) is 0 Å². The predicted octanol–water partition coefficient (Wildman–Crippen LogP) is 3.44. The molecule has 0 spiro atoms. The van der Waals surface area contributed by atoms with Crippen LogP contribution in [0.25, 0.3) is 16.6 Å². The first-order chi connectivity index (χ1) is 12.6. The van der Waals surface area contributed by atoms with Crippen LogP contribution in [0.15, 0.2) is 60.2 Å². The fraction of sp³-hybridized carbons (Fsp3) is 0.0556. The Bertz CT molecular complexity index is 937. The lowest BCUT2D eigenvalue weighted by atomic mass is 10.2. The van der Waals surface area contributed by atoms with Gasteiger partial charge in [-0.25, -0.2) is 4.98 Å². The Morgan fingerprint density at radius 3 is 2.77 bits per heavy atom. The summed E-state index contributed by atoms with van der Waals surface area (Å²) in [6.07, 6.45) is 6.43. The summed E-state index contributed by atoms with van der Waals surface area (Å²) < 4.78 is 0. The Morgan fingerprint density at radius 1 is 1.27 bits per heavy atom. The fourth-order valence-corrected chi connectivity index (χ4v) is 2.94. The van der Waals surface area contributed by atoms with Gasteiger partial charge in [-0.1, -0.05) is 0 Å². The smallest absolute Gasteiger partial charge is 0.269 e. The fourth-order valence-electron chi connectivity index (χ4n) is 2.13. The van der Waals surface area contributed by atoms with Crippen molar-refractivity contribution in [2.24, 2.45) is 0 Å². The number of nitro groups is 1. The van der Waals surface area contributed by atoms with E-state index in [0.29, 0.717) is 12.1 Å². The van der Waals surface area contributed by atoms with Crippen molar-refractivity contribution in [3.63, 3.8) is 0 Å². The molecule has 0 unspecified atom stereocenters. The third-order valence-electron chi connectivity index (χ3n) is 3.44. The van der Waals surface area contributed by atoms with Gasteiger partial charge in [0.1, 0.15) is 5.01 Å². The highest BCUT2D eigenvalue weighted by atomic mass is 32.1. The first kappa shape index (κ1) is 17.4. The van der Waals surface area contributed by atoms with Crippen molar-refractivity contribution in [1.82, 2.24) is 15.3 Å². The molecule has 1 N–H and O–H groups in total. The van der Waals surface area contributed by atoms with Crippen LogP contribution in [0, 0.1) is 10.1 Å². The normalized spacial score (nSPS) is 10.8. The highest BCUT2D eigenvalue weighted by Crippen LogP contribution is 2.22. The van der Waals surface area contributed by atoms with Crippen LogP contribution >= 0.6 is 11.3 Å². The van der Waals surface area contributed by atoms with Gasteiger partial charge in [0.2, 0.25) is 5.91 Å². The van der Waals surface area contributed by atoms with E-state index in [1.165, 1.54) is 29.5 Å². The number of rotatable bonds is 6. The zero-order chi connectivity index (χ0) is 18.4. The van der Waals surface area contributed by atoms with Crippen molar-refractivity contribution >= 4 is 29.0 Å². The average molecular weight is 366 g/mol. The van der Waals surface area contributed by atoms with Gasteiger partial charge in [-0.05, 0) is 35.9 Å². The van der Waals surface area contributed by atoms with Gasteiger partial charge in [-0.15, -0.1) is 11.3 Å². The summed E-state index contributed by atoms with van der Waals surface area (Å²) in [7, 11) is 0. The van der Waals surface area contributed by atoms with Gasteiger partial charge in [-0.3, -0.25) is 19.9 Å². The second kappa shape index (κ2) is 8.13. The second-order valence-electron chi connectivity index (χ2n) is 5.29. The van der Waals surface area contributed by atoms with Crippen LogP contribution in [0.4, 0.5) is 5.69 Å². The minimum Gasteiger partial charge on any atom is -0.347 e. The number of aromatic nitrogens is 2. The number of pyridine rings is 1. The van der Waals surface area contributed by atoms with Crippen molar-refractivity contribution in [2.45, 2.75) is 6.54 Å². The summed E-state index contributed by atoms with van der Waals surface area (Å²) in [5.74, 6) is -0.265. The molecule has 0 atom stereocenters. The van der Waals surface area contributed by atoms with Gasteiger partial charge >= 0.3 is 0 Å². The molecule has 26 heavy (non-hydrogen) atoms. The van der Waals surface area contributed by atoms with Gasteiger partial charge in [0, 0.05) is 41.5 Å². The number of amides is 1. The molecule has 0 aliphatic carbocycles. The SMILES string of the molecule is O=C(/C=C/c1ccc([N+](=O)[O-])cc1)NCc1csc(-c2cccnc2)n1. The molecular formula is C18H14N4O3S. The van der Waals surface area contributed by atoms with E-state index in [0.717, 1.165) is 16.3 Å². The van der Waals surface area contributed by atoms with Crippen LogP contribution in [-0.4, -0.2) is 20.8 Å². The summed E-state index contributed by atoms with van der Waals surface area (Å²) in [5.41, 5.74) is 2.43. The van der Waals surface area contributed by atoms with E-state index < -0.39 is 4.92 Å². The molecule has 130 valence electrons.